The molecule has 4 aromatic rings. The fourth-order valence-electron chi connectivity index (χ4n) is 4.33. The Labute approximate surface area is 233 Å². The average molecular weight is 546 g/mol. The van der Waals surface area contributed by atoms with Gasteiger partial charge in [-0.1, -0.05) is 102 Å². The second-order valence-electron chi connectivity index (χ2n) is 9.04. The van der Waals surface area contributed by atoms with Crippen LogP contribution in [0.2, 0.25) is 0 Å². The number of nitrogens with one attached hydrogen (secondary N) is 1. The molecule has 0 aliphatic heterocycles. The topological polar surface area (TPSA) is 62.3 Å². The average Bonchev–Trinajstić information content (AvgIpc) is 2.96. The third-order valence-corrected chi connectivity index (χ3v) is 6.65. The van der Waals surface area contributed by atoms with Gasteiger partial charge in [0.2, 0.25) is 5.91 Å². The van der Waals surface area contributed by atoms with Crippen LogP contribution < -0.4 is 10.2 Å². The molecule has 5 nitrogen and oxygen atoms in total. The molecule has 0 radical (unpaired) electrons. The van der Waals surface area contributed by atoms with Crippen LogP contribution in [0.4, 0.5) is 5.69 Å². The molecular formula is C31H29Cl2N3O2. The number of halogens is 2. The first kappa shape index (κ1) is 27.4. The molecule has 0 unspecified atom stereocenters. The van der Waals surface area contributed by atoms with Gasteiger partial charge in [-0.3, -0.25) is 19.5 Å². The predicted molar refractivity (Wildman–Crippen MR) is 154 cm³/mol. The summed E-state index contributed by atoms with van der Waals surface area (Å²) in [6.45, 7) is 1.95. The van der Waals surface area contributed by atoms with Crippen molar-refractivity contribution in [2.24, 2.45) is 0 Å². The van der Waals surface area contributed by atoms with E-state index >= 15 is 0 Å². The maximum Gasteiger partial charge on any atom is 0.261 e. The third kappa shape index (κ3) is 7.00. The molecule has 2 amide bonds. The number of hydrogen-bond donors (Lipinski definition) is 1. The van der Waals surface area contributed by atoms with Crippen LogP contribution >= 0.6 is 23.2 Å². The molecule has 0 spiro atoms. The molecule has 194 valence electrons. The standard InChI is InChI=1S/C31H29Cl2N3O2/c1-22(14-15-23-9-4-2-5-10-23)35-30(37)28(26-13-8-20-34-21-26)36(31(38)29(32)33)27-18-16-25(17-19-27)24-11-6-3-7-12-24/h2-13,16-22,28-29H,14-15H2,1H3,(H,35,37)/t22-,28-/m0/s1. The molecule has 1 N–H and O–H groups in total. The van der Waals surface area contributed by atoms with E-state index in [9.17, 15) is 9.59 Å². The van der Waals surface area contributed by atoms with Crippen molar-refractivity contribution in [3.8, 4) is 11.1 Å². The molecule has 0 fully saturated rings. The highest BCUT2D eigenvalue weighted by molar-refractivity contribution is 6.54. The summed E-state index contributed by atoms with van der Waals surface area (Å²) in [4.78, 5) is 31.3. The molecule has 1 aromatic heterocycles. The minimum Gasteiger partial charge on any atom is -0.352 e. The number of carbonyl (C=O) groups is 2. The number of rotatable bonds is 10. The lowest BCUT2D eigenvalue weighted by Gasteiger charge is -2.32. The SMILES string of the molecule is C[C@@H](CCc1ccccc1)NC(=O)[C@H](c1cccnc1)N(C(=O)C(Cl)Cl)c1ccc(-c2ccccc2)cc1. The quantitative estimate of drug-likeness (QED) is 0.224. The van der Waals surface area contributed by atoms with Crippen molar-refractivity contribution in [2.75, 3.05) is 4.90 Å². The number of carbonyl (C=O) groups excluding carboxylic acids is 2. The highest BCUT2D eigenvalue weighted by Gasteiger charge is 2.35. The summed E-state index contributed by atoms with van der Waals surface area (Å²) >= 11 is 12.2. The van der Waals surface area contributed by atoms with Crippen LogP contribution in [0.5, 0.6) is 0 Å². The molecule has 0 bridgehead atoms. The lowest BCUT2D eigenvalue weighted by Crippen LogP contribution is -2.47. The Morgan fingerprint density at radius 2 is 1.47 bits per heavy atom. The number of aryl methyl sites for hydroxylation is 1. The lowest BCUT2D eigenvalue weighted by molar-refractivity contribution is -0.126. The van der Waals surface area contributed by atoms with Gasteiger partial charge in [-0.05, 0) is 54.7 Å². The molecule has 1 heterocycles. The summed E-state index contributed by atoms with van der Waals surface area (Å²) < 4.78 is 0. The summed E-state index contributed by atoms with van der Waals surface area (Å²) in [6.07, 6.45) is 4.75. The molecule has 3 aromatic carbocycles. The molecule has 38 heavy (non-hydrogen) atoms. The van der Waals surface area contributed by atoms with E-state index in [0.717, 1.165) is 24.0 Å². The first-order valence-corrected chi connectivity index (χ1v) is 13.3. The largest absolute Gasteiger partial charge is 0.352 e. The van der Waals surface area contributed by atoms with Crippen LogP contribution in [0.3, 0.4) is 0 Å². The van der Waals surface area contributed by atoms with Crippen LogP contribution in [0.15, 0.2) is 109 Å². The zero-order valence-corrected chi connectivity index (χ0v) is 22.5. The molecule has 0 aliphatic carbocycles. The summed E-state index contributed by atoms with van der Waals surface area (Å²) in [5.74, 6) is -0.935. The number of alkyl halides is 2. The Morgan fingerprint density at radius 3 is 2.08 bits per heavy atom. The van der Waals surface area contributed by atoms with Gasteiger partial charge in [0.1, 0.15) is 6.04 Å². The molecule has 7 heteroatoms. The summed E-state index contributed by atoms with van der Waals surface area (Å²) in [6, 6.07) is 29.8. The van der Waals surface area contributed by atoms with Gasteiger partial charge in [0, 0.05) is 29.7 Å². The van der Waals surface area contributed by atoms with Crippen LogP contribution in [0.1, 0.15) is 30.5 Å². The van der Waals surface area contributed by atoms with Crippen molar-refractivity contribution in [1.29, 1.82) is 0 Å². The molecule has 2 atom stereocenters. The third-order valence-electron chi connectivity index (χ3n) is 6.28. The zero-order valence-electron chi connectivity index (χ0n) is 21.0. The minimum absolute atomic E-state index is 0.137. The first-order chi connectivity index (χ1) is 18.4. The van der Waals surface area contributed by atoms with E-state index in [-0.39, 0.29) is 11.9 Å². The van der Waals surface area contributed by atoms with Crippen molar-refractivity contribution in [2.45, 2.75) is 36.7 Å². The fourth-order valence-corrected chi connectivity index (χ4v) is 4.54. The normalized spacial score (nSPS) is 12.5. The second-order valence-corrected chi connectivity index (χ2v) is 10.1. The number of pyridine rings is 1. The van der Waals surface area contributed by atoms with Gasteiger partial charge in [-0.25, -0.2) is 0 Å². The minimum atomic E-state index is -1.36. The predicted octanol–water partition coefficient (Wildman–Crippen LogP) is 6.76. The van der Waals surface area contributed by atoms with Gasteiger partial charge in [0.15, 0.2) is 4.84 Å². The highest BCUT2D eigenvalue weighted by atomic mass is 35.5. The maximum atomic E-state index is 13.8. The lowest BCUT2D eigenvalue weighted by atomic mass is 10.0. The summed E-state index contributed by atoms with van der Waals surface area (Å²) in [7, 11) is 0. The van der Waals surface area contributed by atoms with Gasteiger partial charge < -0.3 is 5.32 Å². The molecule has 0 aliphatic rings. The van der Waals surface area contributed by atoms with Crippen molar-refractivity contribution in [3.63, 3.8) is 0 Å². The number of anilines is 1. The number of amides is 2. The fraction of sp³-hybridized carbons (Fsp3) is 0.194. The van der Waals surface area contributed by atoms with Crippen molar-refractivity contribution in [1.82, 2.24) is 10.3 Å². The zero-order chi connectivity index (χ0) is 26.9. The van der Waals surface area contributed by atoms with Crippen molar-refractivity contribution < 1.29 is 9.59 Å². The van der Waals surface area contributed by atoms with Crippen molar-refractivity contribution in [3.05, 3.63) is 121 Å². The second kappa shape index (κ2) is 13.2. The Morgan fingerprint density at radius 1 is 0.842 bits per heavy atom. The molecule has 0 saturated heterocycles. The molecule has 4 rings (SSSR count). The van der Waals surface area contributed by atoms with E-state index in [0.29, 0.717) is 11.3 Å². The van der Waals surface area contributed by atoms with E-state index in [1.54, 1.807) is 36.7 Å². The first-order valence-electron chi connectivity index (χ1n) is 12.4. The number of benzene rings is 3. The molecule has 0 saturated carbocycles. The number of hydrogen-bond acceptors (Lipinski definition) is 3. The Bertz CT molecular complexity index is 1320. The van der Waals surface area contributed by atoms with Crippen LogP contribution in [0.25, 0.3) is 11.1 Å². The van der Waals surface area contributed by atoms with Gasteiger partial charge in [-0.15, -0.1) is 0 Å². The van der Waals surface area contributed by atoms with E-state index in [1.807, 2.05) is 67.6 Å². The van der Waals surface area contributed by atoms with E-state index in [1.165, 1.54) is 10.5 Å². The summed E-state index contributed by atoms with van der Waals surface area (Å²) in [5.41, 5.74) is 4.27. The Hall–Kier alpha value is -3.67. The summed E-state index contributed by atoms with van der Waals surface area (Å²) in [5, 5.41) is 3.08. The van der Waals surface area contributed by atoms with E-state index in [2.05, 4.69) is 22.4 Å². The number of aromatic nitrogens is 1. The van der Waals surface area contributed by atoms with Crippen LogP contribution in [-0.2, 0) is 16.0 Å². The van der Waals surface area contributed by atoms with E-state index < -0.39 is 16.8 Å². The Kier molecular flexibility index (Phi) is 9.52. The number of nitrogens with zero attached hydrogens (tertiary/aromatic N) is 2. The van der Waals surface area contributed by atoms with Gasteiger partial charge in [-0.2, -0.15) is 0 Å². The Balaban J connectivity index is 1.64. The monoisotopic (exact) mass is 545 g/mol. The van der Waals surface area contributed by atoms with Crippen LogP contribution in [-0.4, -0.2) is 27.7 Å². The van der Waals surface area contributed by atoms with Gasteiger partial charge >= 0.3 is 0 Å². The smallest absolute Gasteiger partial charge is 0.261 e. The van der Waals surface area contributed by atoms with Gasteiger partial charge in [0.25, 0.3) is 5.91 Å². The maximum absolute atomic E-state index is 13.8. The molecular weight excluding hydrogens is 517 g/mol. The van der Waals surface area contributed by atoms with Crippen LogP contribution in [0, 0.1) is 0 Å². The van der Waals surface area contributed by atoms with E-state index in [4.69, 9.17) is 23.2 Å². The van der Waals surface area contributed by atoms with Gasteiger partial charge in [0.05, 0.1) is 0 Å². The highest BCUT2D eigenvalue weighted by Crippen LogP contribution is 2.32. The van der Waals surface area contributed by atoms with Crippen molar-refractivity contribution >= 4 is 40.7 Å².